The van der Waals surface area contributed by atoms with Crippen LogP contribution in [0.25, 0.3) is 0 Å². The highest BCUT2D eigenvalue weighted by Gasteiger charge is 2.20. The number of nitrogens with zero attached hydrogens (tertiary/aromatic N) is 2. The molecule has 2 aromatic heterocycles. The maximum Gasteiger partial charge on any atom is 0.179 e. The van der Waals surface area contributed by atoms with Crippen LogP contribution in [0, 0.1) is 5.92 Å². The molecule has 24 heavy (non-hydrogen) atoms. The van der Waals surface area contributed by atoms with Gasteiger partial charge in [0.25, 0.3) is 0 Å². The smallest absolute Gasteiger partial charge is 0.179 e. The van der Waals surface area contributed by atoms with Crippen molar-refractivity contribution in [3.8, 4) is 0 Å². The number of likely N-dealkylation sites (tertiary alicyclic amines) is 1. The Morgan fingerprint density at radius 3 is 2.75 bits per heavy atom. The van der Waals surface area contributed by atoms with Crippen LogP contribution in [0.4, 0.5) is 5.82 Å². The molecule has 130 valence electrons. The molecule has 0 unspecified atom stereocenters. The minimum atomic E-state index is -3.26. The number of anilines is 1. The Labute approximate surface area is 147 Å². The van der Waals surface area contributed by atoms with Crippen molar-refractivity contribution < 1.29 is 8.42 Å². The van der Waals surface area contributed by atoms with Crippen molar-refractivity contribution in [2.24, 2.45) is 5.92 Å². The van der Waals surface area contributed by atoms with Crippen LogP contribution in [0.3, 0.4) is 0 Å². The third-order valence-corrected chi connectivity index (χ3v) is 6.38. The monoisotopic (exact) mass is 365 g/mol. The number of aromatic nitrogens is 1. The third kappa shape index (κ3) is 4.55. The second-order valence-electron chi connectivity index (χ2n) is 6.30. The molecular weight excluding hydrogens is 342 g/mol. The highest BCUT2D eigenvalue weighted by molar-refractivity contribution is 7.90. The second kappa shape index (κ2) is 7.63. The summed E-state index contributed by atoms with van der Waals surface area (Å²) in [6.07, 6.45) is 5.09. The van der Waals surface area contributed by atoms with Gasteiger partial charge < -0.3 is 5.32 Å². The summed E-state index contributed by atoms with van der Waals surface area (Å²) in [6, 6.07) is 7.55. The van der Waals surface area contributed by atoms with Gasteiger partial charge in [0.1, 0.15) is 10.7 Å². The van der Waals surface area contributed by atoms with Gasteiger partial charge in [-0.3, -0.25) is 4.90 Å². The summed E-state index contributed by atoms with van der Waals surface area (Å²) in [5.41, 5.74) is 0. The Hall–Kier alpha value is -1.44. The molecule has 2 aromatic rings. The number of hydrogen-bond acceptors (Lipinski definition) is 6. The molecule has 0 radical (unpaired) electrons. The van der Waals surface area contributed by atoms with Crippen molar-refractivity contribution >= 4 is 27.0 Å². The summed E-state index contributed by atoms with van der Waals surface area (Å²) in [5.74, 6) is 1.03. The van der Waals surface area contributed by atoms with Gasteiger partial charge in [-0.1, -0.05) is 6.07 Å². The van der Waals surface area contributed by atoms with E-state index in [-0.39, 0.29) is 4.90 Å². The van der Waals surface area contributed by atoms with E-state index in [1.54, 1.807) is 18.3 Å². The minimum absolute atomic E-state index is 0.278. The van der Waals surface area contributed by atoms with Crippen LogP contribution in [0.1, 0.15) is 17.7 Å². The van der Waals surface area contributed by atoms with Crippen LogP contribution in [-0.2, 0) is 16.4 Å². The molecule has 1 fully saturated rings. The van der Waals surface area contributed by atoms with Crippen molar-refractivity contribution in [2.45, 2.75) is 24.3 Å². The predicted octanol–water partition coefficient (Wildman–Crippen LogP) is 2.87. The van der Waals surface area contributed by atoms with E-state index in [1.165, 1.54) is 11.1 Å². The summed E-state index contributed by atoms with van der Waals surface area (Å²) in [6.45, 7) is 3.99. The quantitative estimate of drug-likeness (QED) is 0.853. The fourth-order valence-electron chi connectivity index (χ4n) is 3.04. The fraction of sp³-hybridized carbons (Fsp3) is 0.471. The van der Waals surface area contributed by atoms with Crippen LogP contribution in [-0.4, -0.2) is 44.2 Å². The molecule has 1 N–H and O–H groups in total. The fourth-order valence-corrected chi connectivity index (χ4v) is 4.58. The zero-order valence-electron chi connectivity index (χ0n) is 13.8. The number of pyridine rings is 1. The summed E-state index contributed by atoms with van der Waals surface area (Å²) >= 11 is 1.81. The molecule has 0 atom stereocenters. The van der Waals surface area contributed by atoms with E-state index < -0.39 is 9.84 Å². The van der Waals surface area contributed by atoms with Gasteiger partial charge in [-0.15, -0.1) is 11.3 Å². The van der Waals surface area contributed by atoms with Crippen molar-refractivity contribution in [3.05, 3.63) is 40.7 Å². The Kier molecular flexibility index (Phi) is 5.53. The van der Waals surface area contributed by atoms with Crippen LogP contribution in [0.2, 0.25) is 0 Å². The molecule has 3 heterocycles. The molecule has 0 aliphatic carbocycles. The van der Waals surface area contributed by atoms with E-state index in [0.29, 0.717) is 11.7 Å². The van der Waals surface area contributed by atoms with E-state index in [1.807, 2.05) is 11.3 Å². The maximum absolute atomic E-state index is 11.8. The summed E-state index contributed by atoms with van der Waals surface area (Å²) in [4.78, 5) is 8.38. The third-order valence-electron chi connectivity index (χ3n) is 4.40. The zero-order valence-corrected chi connectivity index (χ0v) is 15.4. The lowest BCUT2D eigenvalue weighted by atomic mass is 9.97. The van der Waals surface area contributed by atoms with Gasteiger partial charge in [-0.25, -0.2) is 13.4 Å². The molecule has 0 spiro atoms. The van der Waals surface area contributed by atoms with Gasteiger partial charge in [-0.05, 0) is 55.4 Å². The van der Waals surface area contributed by atoms with Crippen molar-refractivity contribution in [3.63, 3.8) is 0 Å². The highest BCUT2D eigenvalue weighted by atomic mass is 32.2. The lowest BCUT2D eigenvalue weighted by Gasteiger charge is -2.31. The van der Waals surface area contributed by atoms with Gasteiger partial charge in [-0.2, -0.15) is 0 Å². The van der Waals surface area contributed by atoms with Crippen LogP contribution in [0.5, 0.6) is 0 Å². The molecule has 1 saturated heterocycles. The Balaban J connectivity index is 1.51. The highest BCUT2D eigenvalue weighted by Crippen LogP contribution is 2.23. The molecule has 1 aliphatic rings. The summed E-state index contributed by atoms with van der Waals surface area (Å²) < 4.78 is 23.6. The first-order valence-corrected chi connectivity index (χ1v) is 10.9. The van der Waals surface area contributed by atoms with Crippen molar-refractivity contribution in [2.75, 3.05) is 31.2 Å². The molecule has 0 bridgehead atoms. The van der Waals surface area contributed by atoms with Crippen molar-refractivity contribution in [1.82, 2.24) is 9.88 Å². The van der Waals surface area contributed by atoms with Gasteiger partial charge >= 0.3 is 0 Å². The largest absolute Gasteiger partial charge is 0.369 e. The zero-order chi connectivity index (χ0) is 17.0. The standard InChI is InChI=1S/C17H23N3O2S2/c1-24(21,22)16-5-2-8-18-17(16)19-12-14-6-9-20(10-7-14)13-15-4-3-11-23-15/h2-5,8,11,14H,6-7,9-10,12-13H2,1H3,(H,18,19). The van der Waals surface area contributed by atoms with Gasteiger partial charge in [0.2, 0.25) is 0 Å². The number of rotatable bonds is 6. The Morgan fingerprint density at radius 2 is 2.08 bits per heavy atom. The number of hydrogen-bond donors (Lipinski definition) is 1. The Morgan fingerprint density at radius 1 is 1.29 bits per heavy atom. The lowest BCUT2D eigenvalue weighted by molar-refractivity contribution is 0.183. The Bertz CT molecular complexity index is 752. The van der Waals surface area contributed by atoms with Gasteiger partial charge in [0.05, 0.1) is 0 Å². The molecule has 7 heteroatoms. The van der Waals surface area contributed by atoms with E-state index in [0.717, 1.165) is 39.0 Å². The molecule has 1 aliphatic heterocycles. The molecule has 3 rings (SSSR count). The number of sulfone groups is 1. The van der Waals surface area contributed by atoms with E-state index in [9.17, 15) is 8.42 Å². The van der Waals surface area contributed by atoms with E-state index in [2.05, 4.69) is 32.7 Å². The normalized spacial score (nSPS) is 17.0. The topological polar surface area (TPSA) is 62.3 Å². The number of thiophene rings is 1. The molecule has 0 aromatic carbocycles. The summed E-state index contributed by atoms with van der Waals surface area (Å²) in [7, 11) is -3.26. The number of nitrogens with one attached hydrogen (secondary N) is 1. The average molecular weight is 366 g/mol. The minimum Gasteiger partial charge on any atom is -0.369 e. The van der Waals surface area contributed by atoms with E-state index >= 15 is 0 Å². The van der Waals surface area contributed by atoms with Crippen LogP contribution in [0.15, 0.2) is 40.7 Å². The van der Waals surface area contributed by atoms with Gasteiger partial charge in [0.15, 0.2) is 9.84 Å². The molecular formula is C17H23N3O2S2. The molecule has 0 amide bonds. The second-order valence-corrected chi connectivity index (χ2v) is 9.32. The van der Waals surface area contributed by atoms with Crippen LogP contribution < -0.4 is 5.32 Å². The lowest BCUT2D eigenvalue weighted by Crippen LogP contribution is -2.35. The average Bonchev–Trinajstić information content (AvgIpc) is 3.07. The maximum atomic E-state index is 11.8. The van der Waals surface area contributed by atoms with Crippen LogP contribution >= 0.6 is 11.3 Å². The first-order valence-electron chi connectivity index (χ1n) is 8.16. The van der Waals surface area contributed by atoms with Gasteiger partial charge in [0, 0.05) is 30.4 Å². The molecule has 5 nitrogen and oxygen atoms in total. The predicted molar refractivity (Wildman–Crippen MR) is 98.2 cm³/mol. The SMILES string of the molecule is CS(=O)(=O)c1cccnc1NCC1CCN(Cc2cccs2)CC1. The number of piperidine rings is 1. The molecule has 0 saturated carbocycles. The summed E-state index contributed by atoms with van der Waals surface area (Å²) in [5, 5.41) is 5.37. The van der Waals surface area contributed by atoms with E-state index in [4.69, 9.17) is 0 Å². The first kappa shape index (κ1) is 17.4. The first-order chi connectivity index (χ1) is 11.5. The van der Waals surface area contributed by atoms with Crippen molar-refractivity contribution in [1.29, 1.82) is 0 Å².